The van der Waals surface area contributed by atoms with Gasteiger partial charge >= 0.3 is 30.9 Å². The SMILES string of the molecule is CCN1CCN(C(=O)N[C@@H](C(=O)N[C@H]2Cc3cccc(C(=O)O)c3OB2O)[C@H](O)C(F)F)C(=O)C1=O. The van der Waals surface area contributed by atoms with E-state index in [4.69, 9.17) is 4.65 Å². The molecule has 1 fully saturated rings. The minimum absolute atomic E-state index is 0.00783. The molecule has 194 valence electrons. The predicted molar refractivity (Wildman–Crippen MR) is 116 cm³/mol. The lowest BCUT2D eigenvalue weighted by molar-refractivity contribution is -0.153. The summed E-state index contributed by atoms with van der Waals surface area (Å²) in [6.45, 7) is 1.55. The van der Waals surface area contributed by atoms with Gasteiger partial charge in [-0.25, -0.2) is 18.4 Å². The van der Waals surface area contributed by atoms with Gasteiger partial charge in [0, 0.05) is 19.6 Å². The van der Waals surface area contributed by atoms with Gasteiger partial charge in [-0.3, -0.25) is 19.3 Å². The monoisotopic (exact) mass is 512 g/mol. The minimum Gasteiger partial charge on any atom is -0.534 e. The molecule has 0 bridgehead atoms. The van der Waals surface area contributed by atoms with Crippen LogP contribution in [0, 0.1) is 0 Å². The number of nitrogens with zero attached hydrogens (tertiary/aromatic N) is 2. The average Bonchev–Trinajstić information content (AvgIpc) is 2.83. The first-order valence-corrected chi connectivity index (χ1v) is 10.8. The second-order valence-corrected chi connectivity index (χ2v) is 8.02. The van der Waals surface area contributed by atoms with Crippen molar-refractivity contribution in [1.29, 1.82) is 0 Å². The number of aromatic carboxylic acids is 1. The van der Waals surface area contributed by atoms with Crippen LogP contribution in [0.5, 0.6) is 5.75 Å². The van der Waals surface area contributed by atoms with Gasteiger partial charge in [0.15, 0.2) is 0 Å². The van der Waals surface area contributed by atoms with E-state index < -0.39 is 61.4 Å². The van der Waals surface area contributed by atoms with Crippen molar-refractivity contribution in [3.8, 4) is 5.75 Å². The topological polar surface area (TPSA) is 186 Å². The van der Waals surface area contributed by atoms with Crippen molar-refractivity contribution in [2.24, 2.45) is 0 Å². The highest BCUT2D eigenvalue weighted by molar-refractivity contribution is 6.47. The zero-order valence-corrected chi connectivity index (χ0v) is 18.9. The van der Waals surface area contributed by atoms with E-state index in [9.17, 15) is 48.0 Å². The molecular weight excluding hydrogens is 489 g/mol. The number of carboxylic acids is 1. The number of imide groups is 1. The number of piperazine rings is 1. The van der Waals surface area contributed by atoms with Gasteiger partial charge in [-0.15, -0.1) is 0 Å². The molecule has 3 rings (SSSR count). The number of amides is 5. The molecule has 0 spiro atoms. The minimum atomic E-state index is -3.48. The third-order valence-corrected chi connectivity index (χ3v) is 5.77. The molecule has 2 heterocycles. The molecule has 0 radical (unpaired) electrons. The van der Waals surface area contributed by atoms with Crippen molar-refractivity contribution in [3.05, 3.63) is 29.3 Å². The zero-order chi connectivity index (χ0) is 26.7. The number of urea groups is 1. The van der Waals surface area contributed by atoms with Crippen LogP contribution in [-0.2, 0) is 20.8 Å². The molecule has 3 atom stereocenters. The number of rotatable bonds is 7. The van der Waals surface area contributed by atoms with E-state index in [1.165, 1.54) is 23.1 Å². The van der Waals surface area contributed by atoms with Crippen LogP contribution in [0.4, 0.5) is 13.6 Å². The van der Waals surface area contributed by atoms with Crippen LogP contribution in [0.15, 0.2) is 18.2 Å². The van der Waals surface area contributed by atoms with Crippen LogP contribution >= 0.6 is 0 Å². The summed E-state index contributed by atoms with van der Waals surface area (Å²) in [6, 6.07) is 0.495. The number of benzene rings is 1. The maximum atomic E-state index is 13.3. The summed E-state index contributed by atoms with van der Waals surface area (Å²) in [5, 5.41) is 33.5. The Morgan fingerprint density at radius 3 is 2.53 bits per heavy atom. The van der Waals surface area contributed by atoms with Crippen molar-refractivity contribution in [1.82, 2.24) is 20.4 Å². The van der Waals surface area contributed by atoms with Crippen LogP contribution < -0.4 is 15.3 Å². The van der Waals surface area contributed by atoms with E-state index in [0.717, 1.165) is 0 Å². The van der Waals surface area contributed by atoms with Crippen molar-refractivity contribution < 1.29 is 52.6 Å². The summed E-state index contributed by atoms with van der Waals surface area (Å²) >= 11 is 0. The predicted octanol–water partition coefficient (Wildman–Crippen LogP) is -1.78. The molecular formula is C20H23BF2N4O9. The van der Waals surface area contributed by atoms with Crippen molar-refractivity contribution >= 4 is 36.8 Å². The van der Waals surface area contributed by atoms with Gasteiger partial charge in [0.05, 0.1) is 11.5 Å². The van der Waals surface area contributed by atoms with Crippen molar-refractivity contribution in [2.75, 3.05) is 19.6 Å². The fourth-order valence-electron chi connectivity index (χ4n) is 3.82. The number of aliphatic hydroxyl groups is 1. The average molecular weight is 512 g/mol. The van der Waals surface area contributed by atoms with Gasteiger partial charge in [-0.05, 0) is 25.0 Å². The summed E-state index contributed by atoms with van der Waals surface area (Å²) in [4.78, 5) is 62.6. The summed E-state index contributed by atoms with van der Waals surface area (Å²) in [5.74, 6) is -6.28. The van der Waals surface area contributed by atoms with Gasteiger partial charge in [-0.2, -0.15) is 0 Å². The number of nitrogens with one attached hydrogen (secondary N) is 2. The summed E-state index contributed by atoms with van der Waals surface area (Å²) in [5.41, 5.74) is 0.0513. The number of carbonyl (C=O) groups is 5. The van der Waals surface area contributed by atoms with Crippen molar-refractivity contribution in [2.45, 2.75) is 37.9 Å². The molecule has 5 amide bonds. The Bertz CT molecular complexity index is 1080. The number of halogens is 2. The molecule has 0 saturated carbocycles. The quantitative estimate of drug-likeness (QED) is 0.208. The zero-order valence-electron chi connectivity index (χ0n) is 18.9. The van der Waals surface area contributed by atoms with Crippen LogP contribution in [0.3, 0.4) is 0 Å². The molecule has 2 aliphatic heterocycles. The second-order valence-electron chi connectivity index (χ2n) is 8.02. The molecule has 1 saturated heterocycles. The highest BCUT2D eigenvalue weighted by Gasteiger charge is 2.43. The van der Waals surface area contributed by atoms with Crippen LogP contribution in [0.25, 0.3) is 0 Å². The smallest absolute Gasteiger partial charge is 0.534 e. The number of likely N-dealkylation sites (N-methyl/N-ethyl adjacent to an activating group) is 1. The molecule has 2 aliphatic rings. The first-order chi connectivity index (χ1) is 17.0. The Morgan fingerprint density at radius 1 is 1.22 bits per heavy atom. The fraction of sp³-hybridized carbons (Fsp3) is 0.450. The molecule has 5 N–H and O–H groups in total. The van der Waals surface area contributed by atoms with E-state index in [0.29, 0.717) is 10.5 Å². The summed E-state index contributed by atoms with van der Waals surface area (Å²) in [6.07, 6.45) is -6.35. The molecule has 1 aromatic rings. The second kappa shape index (κ2) is 10.9. The van der Waals surface area contributed by atoms with E-state index in [1.54, 1.807) is 6.92 Å². The maximum absolute atomic E-state index is 13.3. The third kappa shape index (κ3) is 5.38. The number of hydrogen-bond acceptors (Lipinski definition) is 8. The third-order valence-electron chi connectivity index (χ3n) is 5.77. The Hall–Kier alpha value is -3.79. The van der Waals surface area contributed by atoms with Gasteiger partial charge in [0.25, 0.3) is 6.43 Å². The molecule has 0 aliphatic carbocycles. The van der Waals surface area contributed by atoms with E-state index in [2.05, 4.69) is 5.32 Å². The van der Waals surface area contributed by atoms with Crippen LogP contribution in [0.2, 0.25) is 0 Å². The molecule has 16 heteroatoms. The maximum Gasteiger partial charge on any atom is 0.547 e. The number of para-hydroxylation sites is 1. The number of aliphatic hydroxyl groups excluding tert-OH is 1. The highest BCUT2D eigenvalue weighted by Crippen LogP contribution is 2.30. The Morgan fingerprint density at radius 2 is 1.92 bits per heavy atom. The standard InChI is InChI=1S/C20H23BF2N4O9/c1-2-26-6-7-27(18(31)17(26)30)20(34)25-12(13(28)15(22)23)16(29)24-11-8-9-4-3-5-10(19(32)33)14(9)36-21(11)35/h3-5,11-13,15,28,35H,2,6-8H2,1H3,(H,24,29)(H,25,34)(H,32,33)/t11-,12+,13-/m0/s1. The molecule has 36 heavy (non-hydrogen) atoms. The summed E-state index contributed by atoms with van der Waals surface area (Å²) < 4.78 is 31.8. The van der Waals surface area contributed by atoms with E-state index in [1.807, 2.05) is 5.32 Å². The molecule has 13 nitrogen and oxygen atoms in total. The van der Waals surface area contributed by atoms with E-state index >= 15 is 0 Å². The first kappa shape index (κ1) is 26.8. The number of carbonyl (C=O) groups excluding carboxylic acids is 4. The fourth-order valence-corrected chi connectivity index (χ4v) is 3.82. The number of carboxylic acid groups (broad SMARTS) is 1. The van der Waals surface area contributed by atoms with Gasteiger partial charge in [0.2, 0.25) is 5.91 Å². The van der Waals surface area contributed by atoms with Gasteiger partial charge in [-0.1, -0.05) is 12.1 Å². The lowest BCUT2D eigenvalue weighted by Gasteiger charge is -2.34. The first-order valence-electron chi connectivity index (χ1n) is 10.8. The highest BCUT2D eigenvalue weighted by atomic mass is 19.3. The van der Waals surface area contributed by atoms with Crippen LogP contribution in [-0.4, -0.2) is 106 Å². The normalized spacial score (nSPS) is 19.4. The number of alkyl halides is 2. The Kier molecular flexibility index (Phi) is 8.09. The Balaban J connectivity index is 1.75. The number of hydrogen-bond donors (Lipinski definition) is 5. The van der Waals surface area contributed by atoms with Crippen LogP contribution in [0.1, 0.15) is 22.8 Å². The Labute approximate surface area is 203 Å². The molecule has 0 aromatic heterocycles. The lowest BCUT2D eigenvalue weighted by Crippen LogP contribution is -2.64. The largest absolute Gasteiger partial charge is 0.547 e. The molecule has 0 unspecified atom stereocenters. The van der Waals surface area contributed by atoms with Crippen molar-refractivity contribution in [3.63, 3.8) is 0 Å². The van der Waals surface area contributed by atoms with E-state index in [-0.39, 0.29) is 37.4 Å². The lowest BCUT2D eigenvalue weighted by atomic mass is 9.72. The van der Waals surface area contributed by atoms with Gasteiger partial charge in [0.1, 0.15) is 17.9 Å². The van der Waals surface area contributed by atoms with Gasteiger partial charge < -0.3 is 35.4 Å². The number of fused-ring (bicyclic) bond motifs is 1. The summed E-state index contributed by atoms with van der Waals surface area (Å²) in [7, 11) is -1.79. The molecule has 1 aromatic carbocycles.